The minimum atomic E-state index is -0.223. The fourth-order valence-electron chi connectivity index (χ4n) is 2.99. The maximum atomic E-state index is 13.0. The first-order valence-electron chi connectivity index (χ1n) is 8.48. The Morgan fingerprint density at radius 1 is 1.17 bits per heavy atom. The molecule has 4 heteroatoms. The zero-order valence-corrected chi connectivity index (χ0v) is 14.2. The van der Waals surface area contributed by atoms with Crippen molar-refractivity contribution in [1.29, 1.82) is 0 Å². The summed E-state index contributed by atoms with van der Waals surface area (Å²) in [5, 5.41) is 3.04. The molecule has 0 spiro atoms. The second kappa shape index (κ2) is 7.14. The molecule has 1 atom stereocenters. The zero-order valence-electron chi connectivity index (χ0n) is 14.2. The van der Waals surface area contributed by atoms with Crippen LogP contribution in [0.15, 0.2) is 42.5 Å². The van der Waals surface area contributed by atoms with Crippen molar-refractivity contribution in [1.82, 2.24) is 0 Å². The summed E-state index contributed by atoms with van der Waals surface area (Å²) < 4.78 is 13.0. The molecule has 0 radical (unpaired) electrons. The molecule has 1 aliphatic carbocycles. The summed E-state index contributed by atoms with van der Waals surface area (Å²) >= 11 is 0. The average molecular weight is 327 g/mol. The first-order chi connectivity index (χ1) is 11.5. The maximum absolute atomic E-state index is 13.0. The van der Waals surface area contributed by atoms with Crippen LogP contribution in [0.5, 0.6) is 0 Å². The van der Waals surface area contributed by atoms with Gasteiger partial charge in [-0.1, -0.05) is 24.3 Å². The molecule has 1 fully saturated rings. The minimum Gasteiger partial charge on any atom is -0.321 e. The molecule has 0 bridgehead atoms. The highest BCUT2D eigenvalue weighted by atomic mass is 19.1. The summed E-state index contributed by atoms with van der Waals surface area (Å²) in [7, 11) is 0. The second-order valence-corrected chi connectivity index (χ2v) is 6.71. The minimum absolute atomic E-state index is 0.0349. The Hall–Kier alpha value is -2.20. The normalized spacial score (nSPS) is 15.1. The summed E-state index contributed by atoms with van der Waals surface area (Å²) in [6, 6.07) is 13.1. The summed E-state index contributed by atoms with van der Waals surface area (Å²) in [6.45, 7) is 5.26. The Morgan fingerprint density at radius 2 is 1.88 bits per heavy atom. The van der Waals surface area contributed by atoms with E-state index in [1.165, 1.54) is 22.6 Å². The molecule has 2 aromatic carbocycles. The molecule has 3 rings (SSSR count). The zero-order chi connectivity index (χ0) is 17.1. The van der Waals surface area contributed by atoms with Crippen molar-refractivity contribution in [3.05, 3.63) is 65.0 Å². The summed E-state index contributed by atoms with van der Waals surface area (Å²) in [5.74, 6) is -0.188. The van der Waals surface area contributed by atoms with Gasteiger partial charge in [0, 0.05) is 24.1 Å². The quantitative estimate of drug-likeness (QED) is 0.840. The maximum Gasteiger partial charge on any atom is 0.279 e. The molecule has 126 valence electrons. The van der Waals surface area contributed by atoms with Crippen LogP contribution in [0.3, 0.4) is 0 Å². The first kappa shape index (κ1) is 16.7. The van der Waals surface area contributed by atoms with Crippen LogP contribution in [-0.2, 0) is 11.3 Å². The van der Waals surface area contributed by atoms with Crippen LogP contribution in [0.25, 0.3) is 0 Å². The van der Waals surface area contributed by atoms with Crippen molar-refractivity contribution in [2.45, 2.75) is 39.3 Å². The standard InChI is InChI=1S/C20H23FN2O/c1-14-4-3-5-19(15(14)2)22-20(24)13-23(18-10-11-18)12-16-6-8-17(21)9-7-16/h3-9,18H,10-13H2,1-2H3,(H,22,24)/p+1. The van der Waals surface area contributed by atoms with Gasteiger partial charge in [0.1, 0.15) is 12.4 Å². The topological polar surface area (TPSA) is 33.5 Å². The Kier molecular flexibility index (Phi) is 4.95. The van der Waals surface area contributed by atoms with Crippen LogP contribution in [0.2, 0.25) is 0 Å². The number of carbonyl (C=O) groups is 1. The number of quaternary nitrogens is 1. The van der Waals surface area contributed by atoms with Gasteiger partial charge in [-0.25, -0.2) is 4.39 Å². The highest BCUT2D eigenvalue weighted by Crippen LogP contribution is 2.18. The molecule has 0 saturated heterocycles. The van der Waals surface area contributed by atoms with Gasteiger partial charge >= 0.3 is 0 Å². The number of rotatable bonds is 6. The van der Waals surface area contributed by atoms with Crippen LogP contribution in [0, 0.1) is 19.7 Å². The van der Waals surface area contributed by atoms with E-state index in [9.17, 15) is 9.18 Å². The molecule has 1 aliphatic rings. The van der Waals surface area contributed by atoms with Gasteiger partial charge in [-0.05, 0) is 43.2 Å². The van der Waals surface area contributed by atoms with Gasteiger partial charge in [0.05, 0.1) is 6.04 Å². The van der Waals surface area contributed by atoms with E-state index in [4.69, 9.17) is 0 Å². The van der Waals surface area contributed by atoms with E-state index in [-0.39, 0.29) is 11.7 Å². The lowest BCUT2D eigenvalue weighted by atomic mass is 10.1. The molecule has 0 heterocycles. The molecule has 1 saturated carbocycles. The predicted molar refractivity (Wildman–Crippen MR) is 93.5 cm³/mol. The number of hydrogen-bond donors (Lipinski definition) is 2. The van der Waals surface area contributed by atoms with Gasteiger partial charge in [0.25, 0.3) is 5.91 Å². The molecule has 2 aromatic rings. The van der Waals surface area contributed by atoms with E-state index in [2.05, 4.69) is 5.32 Å². The predicted octanol–water partition coefficient (Wildman–Crippen LogP) is 2.63. The lowest BCUT2D eigenvalue weighted by Gasteiger charge is -2.19. The fourth-order valence-corrected chi connectivity index (χ4v) is 2.99. The highest BCUT2D eigenvalue weighted by Gasteiger charge is 2.34. The molecule has 24 heavy (non-hydrogen) atoms. The number of aryl methyl sites for hydroxylation is 1. The van der Waals surface area contributed by atoms with Crippen LogP contribution in [0.4, 0.5) is 10.1 Å². The smallest absolute Gasteiger partial charge is 0.279 e. The van der Waals surface area contributed by atoms with Crippen molar-refractivity contribution in [3.8, 4) is 0 Å². The Bertz CT molecular complexity index is 723. The van der Waals surface area contributed by atoms with Crippen molar-refractivity contribution >= 4 is 11.6 Å². The monoisotopic (exact) mass is 327 g/mol. The molecule has 2 N–H and O–H groups in total. The molecule has 0 aromatic heterocycles. The van der Waals surface area contributed by atoms with E-state index in [0.29, 0.717) is 12.6 Å². The van der Waals surface area contributed by atoms with Gasteiger partial charge in [0.15, 0.2) is 6.54 Å². The second-order valence-electron chi connectivity index (χ2n) is 6.71. The molecular weight excluding hydrogens is 303 g/mol. The van der Waals surface area contributed by atoms with Crippen LogP contribution in [0.1, 0.15) is 29.5 Å². The summed E-state index contributed by atoms with van der Waals surface area (Å²) in [4.78, 5) is 13.7. The van der Waals surface area contributed by atoms with Gasteiger partial charge in [-0.2, -0.15) is 0 Å². The first-order valence-corrected chi connectivity index (χ1v) is 8.48. The Morgan fingerprint density at radius 3 is 2.54 bits per heavy atom. The Labute approximate surface area is 142 Å². The van der Waals surface area contributed by atoms with Gasteiger partial charge in [-0.3, -0.25) is 4.79 Å². The van der Waals surface area contributed by atoms with Crippen molar-refractivity contribution in [2.75, 3.05) is 11.9 Å². The summed E-state index contributed by atoms with van der Waals surface area (Å²) in [6.07, 6.45) is 2.32. The van der Waals surface area contributed by atoms with Gasteiger partial charge in [0.2, 0.25) is 0 Å². The van der Waals surface area contributed by atoms with Crippen LogP contribution < -0.4 is 10.2 Å². The number of amides is 1. The molecule has 0 aliphatic heterocycles. The summed E-state index contributed by atoms with van der Waals surface area (Å²) in [5.41, 5.74) is 4.23. The van der Waals surface area contributed by atoms with Crippen molar-refractivity contribution in [2.24, 2.45) is 0 Å². The number of nitrogens with one attached hydrogen (secondary N) is 2. The number of carbonyl (C=O) groups excluding carboxylic acids is 1. The van der Waals surface area contributed by atoms with Crippen LogP contribution >= 0.6 is 0 Å². The third-order valence-corrected chi connectivity index (χ3v) is 4.77. The van der Waals surface area contributed by atoms with E-state index in [1.54, 1.807) is 12.1 Å². The number of hydrogen-bond acceptors (Lipinski definition) is 1. The Balaban J connectivity index is 1.64. The number of halogens is 1. The number of benzene rings is 2. The molecule has 1 amide bonds. The van der Waals surface area contributed by atoms with Crippen molar-refractivity contribution in [3.63, 3.8) is 0 Å². The van der Waals surface area contributed by atoms with E-state index in [1.807, 2.05) is 32.0 Å². The molecule has 3 nitrogen and oxygen atoms in total. The fraction of sp³-hybridized carbons (Fsp3) is 0.350. The largest absolute Gasteiger partial charge is 0.321 e. The number of anilines is 1. The van der Waals surface area contributed by atoms with Gasteiger partial charge < -0.3 is 10.2 Å². The molecular formula is C20H24FN2O+. The lowest BCUT2D eigenvalue weighted by molar-refractivity contribution is -0.916. The van der Waals surface area contributed by atoms with E-state index >= 15 is 0 Å². The third kappa shape index (κ3) is 4.20. The molecule has 1 unspecified atom stereocenters. The third-order valence-electron chi connectivity index (χ3n) is 4.77. The van der Waals surface area contributed by atoms with Crippen molar-refractivity contribution < 1.29 is 14.1 Å². The highest BCUT2D eigenvalue weighted by molar-refractivity contribution is 5.92. The van der Waals surface area contributed by atoms with E-state index in [0.717, 1.165) is 36.2 Å². The van der Waals surface area contributed by atoms with Crippen LogP contribution in [-0.4, -0.2) is 18.5 Å². The van der Waals surface area contributed by atoms with Gasteiger partial charge in [-0.15, -0.1) is 0 Å². The van der Waals surface area contributed by atoms with E-state index < -0.39 is 0 Å². The lowest BCUT2D eigenvalue weighted by Crippen LogP contribution is -3.13. The SMILES string of the molecule is Cc1cccc(NC(=O)C[NH+](Cc2ccc(F)cc2)C2CC2)c1C. The average Bonchev–Trinajstić information content (AvgIpc) is 3.38.